The highest BCUT2D eigenvalue weighted by atomic mass is 32.2. The summed E-state index contributed by atoms with van der Waals surface area (Å²) in [4.78, 5) is -0.0209. The Morgan fingerprint density at radius 1 is 1.00 bits per heavy atom. The van der Waals surface area contributed by atoms with Gasteiger partial charge in [-0.2, -0.15) is 13.2 Å². The molecule has 122 valence electrons. The molecule has 23 heavy (non-hydrogen) atoms. The van der Waals surface area contributed by atoms with E-state index in [0.29, 0.717) is 11.1 Å². The zero-order valence-corrected chi connectivity index (χ0v) is 12.5. The summed E-state index contributed by atoms with van der Waals surface area (Å²) in [6.45, 7) is 0.373. The minimum absolute atomic E-state index is 0.0209. The molecule has 0 fully saturated rings. The molecule has 3 rings (SSSR count). The second-order valence-corrected chi connectivity index (χ2v) is 6.72. The van der Waals surface area contributed by atoms with Crippen molar-refractivity contribution in [1.82, 2.24) is 4.72 Å². The maximum Gasteiger partial charge on any atom is 0.416 e. The van der Waals surface area contributed by atoms with Gasteiger partial charge in [-0.05, 0) is 35.4 Å². The molecule has 1 heterocycles. The van der Waals surface area contributed by atoms with Crippen LogP contribution in [0.3, 0.4) is 0 Å². The molecular formula is C15H12F3NO3S. The van der Waals surface area contributed by atoms with Gasteiger partial charge >= 0.3 is 6.18 Å². The molecule has 0 aromatic heterocycles. The smallest absolute Gasteiger partial charge is 0.416 e. The Balaban J connectivity index is 2.04. The monoisotopic (exact) mass is 343 g/mol. The zero-order valence-electron chi connectivity index (χ0n) is 11.7. The van der Waals surface area contributed by atoms with Gasteiger partial charge in [0.25, 0.3) is 0 Å². The normalized spacial score (nSPS) is 17.0. The third-order valence-corrected chi connectivity index (χ3v) is 4.91. The Morgan fingerprint density at radius 3 is 2.30 bits per heavy atom. The van der Waals surface area contributed by atoms with Crippen LogP contribution in [0.15, 0.2) is 47.4 Å². The van der Waals surface area contributed by atoms with E-state index in [4.69, 9.17) is 4.74 Å². The van der Waals surface area contributed by atoms with Gasteiger partial charge in [-0.3, -0.25) is 0 Å². The Bertz CT molecular complexity index is 830. The highest BCUT2D eigenvalue weighted by Crippen LogP contribution is 2.33. The third kappa shape index (κ3) is 3.18. The minimum atomic E-state index is -4.41. The fourth-order valence-electron chi connectivity index (χ4n) is 2.28. The van der Waals surface area contributed by atoms with Crippen LogP contribution < -0.4 is 9.46 Å². The standard InChI is InChI=1S/C15H12F3NO3S/c16-15(17,18)12-4-1-10(2-5-12)11-3-6-13-14(9-11)23(20,21)19-7-8-22-13/h1-6,9,19H,7-8H2. The van der Waals surface area contributed by atoms with Crippen LogP contribution in [0.2, 0.25) is 0 Å². The Labute approximate surface area is 130 Å². The molecule has 2 aromatic rings. The van der Waals surface area contributed by atoms with Gasteiger partial charge < -0.3 is 4.74 Å². The second kappa shape index (κ2) is 5.54. The molecule has 0 saturated heterocycles. The minimum Gasteiger partial charge on any atom is -0.491 e. The molecule has 0 radical (unpaired) electrons. The van der Waals surface area contributed by atoms with Crippen molar-refractivity contribution < 1.29 is 26.3 Å². The highest BCUT2D eigenvalue weighted by Gasteiger charge is 2.30. The average molecular weight is 343 g/mol. The molecule has 0 bridgehead atoms. The lowest BCUT2D eigenvalue weighted by atomic mass is 10.0. The Morgan fingerprint density at radius 2 is 1.65 bits per heavy atom. The number of alkyl halides is 3. The van der Waals surface area contributed by atoms with Crippen molar-refractivity contribution in [1.29, 1.82) is 0 Å². The van der Waals surface area contributed by atoms with Crippen LogP contribution in [0.25, 0.3) is 11.1 Å². The van der Waals surface area contributed by atoms with E-state index in [1.807, 2.05) is 0 Å². The number of ether oxygens (including phenoxy) is 1. The quantitative estimate of drug-likeness (QED) is 0.866. The van der Waals surface area contributed by atoms with Crippen LogP contribution in [-0.2, 0) is 16.2 Å². The van der Waals surface area contributed by atoms with E-state index in [0.717, 1.165) is 12.1 Å². The predicted octanol–water partition coefficient (Wildman–Crippen LogP) is 3.04. The van der Waals surface area contributed by atoms with E-state index >= 15 is 0 Å². The van der Waals surface area contributed by atoms with E-state index in [1.165, 1.54) is 24.3 Å². The molecule has 0 unspecified atom stereocenters. The molecule has 0 atom stereocenters. The fourth-order valence-corrected chi connectivity index (χ4v) is 3.46. The van der Waals surface area contributed by atoms with Crippen LogP contribution in [0.4, 0.5) is 13.2 Å². The molecule has 0 spiro atoms. The summed E-state index contributed by atoms with van der Waals surface area (Å²) in [7, 11) is -3.70. The van der Waals surface area contributed by atoms with Crippen molar-refractivity contribution in [3.8, 4) is 16.9 Å². The predicted molar refractivity (Wildman–Crippen MR) is 77.6 cm³/mol. The second-order valence-electron chi connectivity index (χ2n) is 4.98. The van der Waals surface area contributed by atoms with Crippen molar-refractivity contribution in [2.45, 2.75) is 11.1 Å². The molecule has 1 aliphatic heterocycles. The molecule has 0 amide bonds. The van der Waals surface area contributed by atoms with E-state index in [9.17, 15) is 21.6 Å². The SMILES string of the molecule is O=S1(=O)NCCOc2ccc(-c3ccc(C(F)(F)F)cc3)cc21. The molecular weight excluding hydrogens is 331 g/mol. The van der Waals surface area contributed by atoms with Gasteiger partial charge in [0.1, 0.15) is 17.3 Å². The first-order valence-corrected chi connectivity index (χ1v) is 8.20. The summed E-state index contributed by atoms with van der Waals surface area (Å²) in [5.41, 5.74) is 0.224. The zero-order chi connectivity index (χ0) is 16.7. The number of halogens is 3. The average Bonchev–Trinajstić information content (AvgIpc) is 2.65. The van der Waals surface area contributed by atoms with Gasteiger partial charge in [0.05, 0.1) is 5.56 Å². The lowest BCUT2D eigenvalue weighted by Crippen LogP contribution is -2.24. The molecule has 8 heteroatoms. The highest BCUT2D eigenvalue weighted by molar-refractivity contribution is 7.89. The number of rotatable bonds is 1. The van der Waals surface area contributed by atoms with Crippen molar-refractivity contribution in [2.24, 2.45) is 0 Å². The van der Waals surface area contributed by atoms with Crippen LogP contribution in [0, 0.1) is 0 Å². The van der Waals surface area contributed by atoms with Gasteiger partial charge in [-0.1, -0.05) is 18.2 Å². The van der Waals surface area contributed by atoms with Gasteiger partial charge in [-0.25, -0.2) is 13.1 Å². The van der Waals surface area contributed by atoms with Crippen LogP contribution in [-0.4, -0.2) is 21.6 Å². The number of benzene rings is 2. The van der Waals surface area contributed by atoms with Crippen molar-refractivity contribution in [3.05, 3.63) is 48.0 Å². The molecule has 0 aliphatic carbocycles. The van der Waals surface area contributed by atoms with E-state index in [1.54, 1.807) is 6.07 Å². The van der Waals surface area contributed by atoms with Gasteiger partial charge in [0.15, 0.2) is 0 Å². The summed E-state index contributed by atoms with van der Waals surface area (Å²) >= 11 is 0. The molecule has 2 aromatic carbocycles. The lowest BCUT2D eigenvalue weighted by molar-refractivity contribution is -0.137. The molecule has 1 N–H and O–H groups in total. The Hall–Kier alpha value is -2.06. The summed E-state index contributed by atoms with van der Waals surface area (Å²) in [5, 5.41) is 0. The lowest BCUT2D eigenvalue weighted by Gasteiger charge is -2.10. The summed E-state index contributed by atoms with van der Waals surface area (Å²) < 4.78 is 69.7. The number of nitrogens with one attached hydrogen (secondary N) is 1. The van der Waals surface area contributed by atoms with Gasteiger partial charge in [0.2, 0.25) is 10.0 Å². The first kappa shape index (κ1) is 15.8. The maximum atomic E-state index is 12.6. The van der Waals surface area contributed by atoms with Gasteiger partial charge in [-0.15, -0.1) is 0 Å². The first-order chi connectivity index (χ1) is 10.8. The Kier molecular flexibility index (Phi) is 3.81. The van der Waals surface area contributed by atoms with E-state index < -0.39 is 21.8 Å². The fraction of sp³-hybridized carbons (Fsp3) is 0.200. The van der Waals surface area contributed by atoms with Gasteiger partial charge in [0, 0.05) is 6.54 Å². The molecule has 4 nitrogen and oxygen atoms in total. The van der Waals surface area contributed by atoms with Crippen LogP contribution >= 0.6 is 0 Å². The number of hydrogen-bond donors (Lipinski definition) is 1. The van der Waals surface area contributed by atoms with Crippen LogP contribution in [0.5, 0.6) is 5.75 Å². The summed E-state index contributed by atoms with van der Waals surface area (Å²) in [6.07, 6.45) is -4.41. The van der Waals surface area contributed by atoms with Crippen LogP contribution in [0.1, 0.15) is 5.56 Å². The largest absolute Gasteiger partial charge is 0.491 e. The first-order valence-electron chi connectivity index (χ1n) is 6.71. The van der Waals surface area contributed by atoms with Crippen molar-refractivity contribution in [2.75, 3.05) is 13.2 Å². The summed E-state index contributed by atoms with van der Waals surface area (Å²) in [6, 6.07) is 9.06. The van der Waals surface area contributed by atoms with E-state index in [2.05, 4.69) is 4.72 Å². The van der Waals surface area contributed by atoms with Crippen molar-refractivity contribution in [3.63, 3.8) is 0 Å². The van der Waals surface area contributed by atoms with Crippen molar-refractivity contribution >= 4 is 10.0 Å². The third-order valence-electron chi connectivity index (χ3n) is 3.43. The molecule has 0 saturated carbocycles. The molecule has 1 aliphatic rings. The number of hydrogen-bond acceptors (Lipinski definition) is 3. The summed E-state index contributed by atoms with van der Waals surface area (Å²) in [5.74, 6) is 0.227. The number of fused-ring (bicyclic) bond motifs is 1. The van der Waals surface area contributed by atoms with E-state index in [-0.39, 0.29) is 23.8 Å². The number of sulfonamides is 1. The maximum absolute atomic E-state index is 12.6. The topological polar surface area (TPSA) is 55.4 Å².